The number of ether oxygens (including phenoxy) is 1. The fraction of sp³-hybridized carbons (Fsp3) is 0.167. The summed E-state index contributed by atoms with van der Waals surface area (Å²) in [7, 11) is 1.47. The number of aromatic nitrogens is 2. The Balaban J connectivity index is 1.95. The van der Waals surface area contributed by atoms with E-state index in [1.807, 2.05) is 0 Å². The van der Waals surface area contributed by atoms with Crippen molar-refractivity contribution >= 4 is 46.4 Å². The van der Waals surface area contributed by atoms with Crippen LogP contribution in [0.25, 0.3) is 11.5 Å². The minimum absolute atomic E-state index is 0.0485. The van der Waals surface area contributed by atoms with Crippen LogP contribution < -0.4 is 15.8 Å². The molecular formula is C18H14Cl3N3O4. The van der Waals surface area contributed by atoms with Crippen molar-refractivity contribution < 1.29 is 13.9 Å². The lowest BCUT2D eigenvalue weighted by atomic mass is 10.1. The lowest BCUT2D eigenvalue weighted by molar-refractivity contribution is -0.114. The third-order valence-electron chi connectivity index (χ3n) is 3.77. The molecular weight excluding hydrogens is 429 g/mol. The SMILES string of the molecule is COc1cc(NC(C)=O)c(Cl)cc1Cn1nc(-c2ccc(Cl)c(Cl)c2)oc1=O. The number of amides is 1. The molecule has 0 saturated heterocycles. The smallest absolute Gasteiger partial charge is 0.437 e. The Bertz CT molecular complexity index is 1110. The summed E-state index contributed by atoms with van der Waals surface area (Å²) in [6.45, 7) is 1.42. The van der Waals surface area contributed by atoms with Crippen molar-refractivity contribution in [1.82, 2.24) is 9.78 Å². The van der Waals surface area contributed by atoms with E-state index < -0.39 is 5.76 Å². The Morgan fingerprint density at radius 3 is 2.57 bits per heavy atom. The van der Waals surface area contributed by atoms with Crippen molar-refractivity contribution in [3.63, 3.8) is 0 Å². The third kappa shape index (κ3) is 4.32. The van der Waals surface area contributed by atoms with Gasteiger partial charge >= 0.3 is 5.76 Å². The molecule has 1 heterocycles. The number of carbonyl (C=O) groups is 1. The van der Waals surface area contributed by atoms with Crippen LogP contribution in [0.5, 0.6) is 5.75 Å². The Morgan fingerprint density at radius 1 is 1.18 bits per heavy atom. The molecule has 1 N–H and O–H groups in total. The summed E-state index contributed by atoms with van der Waals surface area (Å²) in [6.07, 6.45) is 0. The van der Waals surface area contributed by atoms with Crippen molar-refractivity contribution in [3.8, 4) is 17.2 Å². The van der Waals surface area contributed by atoms with Gasteiger partial charge < -0.3 is 14.5 Å². The van der Waals surface area contributed by atoms with Gasteiger partial charge in [0.1, 0.15) is 5.75 Å². The van der Waals surface area contributed by atoms with E-state index in [0.717, 1.165) is 4.68 Å². The van der Waals surface area contributed by atoms with Crippen molar-refractivity contribution in [3.05, 3.63) is 61.5 Å². The molecule has 0 fully saturated rings. The van der Waals surface area contributed by atoms with Gasteiger partial charge in [-0.1, -0.05) is 34.8 Å². The van der Waals surface area contributed by atoms with Crippen LogP contribution in [0.1, 0.15) is 12.5 Å². The summed E-state index contributed by atoms with van der Waals surface area (Å²) in [4.78, 5) is 23.5. The standard InChI is InChI=1S/C18H14Cl3N3O4/c1-9(25)22-15-7-16(27-2)11(6-14(15)21)8-24-18(26)28-17(23-24)10-3-4-12(19)13(20)5-10/h3-7H,8H2,1-2H3,(H,22,25). The molecule has 0 atom stereocenters. The molecule has 146 valence electrons. The number of nitrogens with one attached hydrogen (secondary N) is 1. The first-order valence-corrected chi connectivity index (χ1v) is 9.09. The molecule has 3 rings (SSSR count). The molecule has 0 bridgehead atoms. The number of rotatable bonds is 5. The number of anilines is 1. The summed E-state index contributed by atoms with van der Waals surface area (Å²) in [5.74, 6) is -0.400. The zero-order chi connectivity index (χ0) is 20.4. The van der Waals surface area contributed by atoms with Gasteiger partial charge in [0.2, 0.25) is 11.8 Å². The molecule has 7 nitrogen and oxygen atoms in total. The Kier molecular flexibility index (Phi) is 5.98. The first kappa shape index (κ1) is 20.3. The molecule has 1 amide bonds. The van der Waals surface area contributed by atoms with E-state index in [0.29, 0.717) is 37.6 Å². The molecule has 0 aliphatic heterocycles. The van der Waals surface area contributed by atoms with Gasteiger partial charge in [-0.15, -0.1) is 5.10 Å². The maximum atomic E-state index is 12.2. The summed E-state index contributed by atoms with van der Waals surface area (Å²) in [5.41, 5.74) is 1.49. The maximum Gasteiger partial charge on any atom is 0.437 e. The second kappa shape index (κ2) is 8.26. The van der Waals surface area contributed by atoms with E-state index >= 15 is 0 Å². The van der Waals surface area contributed by atoms with Gasteiger partial charge in [0.05, 0.1) is 34.4 Å². The molecule has 0 unspecified atom stereocenters. The van der Waals surface area contributed by atoms with E-state index in [1.165, 1.54) is 14.0 Å². The molecule has 0 aliphatic rings. The number of carbonyl (C=O) groups excluding carboxylic acids is 1. The van der Waals surface area contributed by atoms with Crippen LogP contribution in [0.2, 0.25) is 15.1 Å². The summed E-state index contributed by atoms with van der Waals surface area (Å²) in [5, 5.41) is 7.79. The number of methoxy groups -OCH3 is 1. The first-order chi connectivity index (χ1) is 13.3. The number of benzene rings is 2. The molecule has 0 radical (unpaired) electrons. The highest BCUT2D eigenvalue weighted by Gasteiger charge is 2.16. The lowest BCUT2D eigenvalue weighted by Gasteiger charge is -2.12. The van der Waals surface area contributed by atoms with Crippen LogP contribution in [0.4, 0.5) is 5.69 Å². The normalized spacial score (nSPS) is 10.8. The Labute approximate surface area is 174 Å². The molecule has 0 spiro atoms. The van der Waals surface area contributed by atoms with Crippen LogP contribution in [0.3, 0.4) is 0 Å². The minimum atomic E-state index is -0.662. The second-order valence-electron chi connectivity index (χ2n) is 5.78. The molecule has 2 aromatic carbocycles. The predicted molar refractivity (Wildman–Crippen MR) is 108 cm³/mol. The summed E-state index contributed by atoms with van der Waals surface area (Å²) >= 11 is 18.1. The maximum absolute atomic E-state index is 12.2. The van der Waals surface area contributed by atoms with Crippen LogP contribution in [-0.2, 0) is 11.3 Å². The van der Waals surface area contributed by atoms with Crippen LogP contribution in [-0.4, -0.2) is 22.8 Å². The predicted octanol–water partition coefficient (Wildman–Crippen LogP) is 4.48. The highest BCUT2D eigenvalue weighted by atomic mass is 35.5. The summed E-state index contributed by atoms with van der Waals surface area (Å²) < 4.78 is 11.7. The molecule has 0 saturated carbocycles. The van der Waals surface area contributed by atoms with Gasteiger partial charge in [-0.25, -0.2) is 4.79 Å². The lowest BCUT2D eigenvalue weighted by Crippen LogP contribution is -2.17. The molecule has 10 heteroatoms. The Hall–Kier alpha value is -2.48. The van der Waals surface area contributed by atoms with Crippen molar-refractivity contribution in [2.75, 3.05) is 12.4 Å². The first-order valence-electron chi connectivity index (χ1n) is 7.96. The van der Waals surface area contributed by atoms with Crippen molar-refractivity contribution in [2.24, 2.45) is 0 Å². The number of nitrogens with zero attached hydrogens (tertiary/aromatic N) is 2. The van der Waals surface area contributed by atoms with Crippen molar-refractivity contribution in [2.45, 2.75) is 13.5 Å². The summed E-state index contributed by atoms with van der Waals surface area (Å²) in [6, 6.07) is 7.94. The van der Waals surface area contributed by atoms with Crippen LogP contribution >= 0.6 is 34.8 Å². The highest BCUT2D eigenvalue weighted by Crippen LogP contribution is 2.32. The fourth-order valence-corrected chi connectivity index (χ4v) is 3.04. The average Bonchev–Trinajstić information content (AvgIpc) is 3.00. The van der Waals surface area contributed by atoms with E-state index in [9.17, 15) is 9.59 Å². The van der Waals surface area contributed by atoms with Gasteiger partial charge in [0.25, 0.3) is 0 Å². The van der Waals surface area contributed by atoms with Gasteiger partial charge in [0, 0.05) is 24.1 Å². The van der Waals surface area contributed by atoms with Crippen molar-refractivity contribution in [1.29, 1.82) is 0 Å². The largest absolute Gasteiger partial charge is 0.496 e. The minimum Gasteiger partial charge on any atom is -0.496 e. The number of halogens is 3. The van der Waals surface area contributed by atoms with Crippen LogP contribution in [0, 0.1) is 0 Å². The molecule has 3 aromatic rings. The van der Waals surface area contributed by atoms with Crippen LogP contribution in [0.15, 0.2) is 39.5 Å². The second-order valence-corrected chi connectivity index (χ2v) is 7.01. The zero-order valence-corrected chi connectivity index (χ0v) is 17.0. The monoisotopic (exact) mass is 441 g/mol. The topological polar surface area (TPSA) is 86.4 Å². The highest BCUT2D eigenvalue weighted by molar-refractivity contribution is 6.42. The third-order valence-corrected chi connectivity index (χ3v) is 4.83. The fourth-order valence-electron chi connectivity index (χ4n) is 2.51. The van der Waals surface area contributed by atoms with Gasteiger partial charge in [-0.3, -0.25) is 4.79 Å². The zero-order valence-electron chi connectivity index (χ0n) is 14.8. The number of hydrogen-bond acceptors (Lipinski definition) is 5. The molecule has 1 aromatic heterocycles. The van der Waals surface area contributed by atoms with Gasteiger partial charge in [-0.05, 0) is 24.3 Å². The van der Waals surface area contributed by atoms with E-state index in [1.54, 1.807) is 30.3 Å². The van der Waals surface area contributed by atoms with Gasteiger partial charge in [-0.2, -0.15) is 4.68 Å². The number of hydrogen-bond donors (Lipinski definition) is 1. The van der Waals surface area contributed by atoms with E-state index in [-0.39, 0.29) is 18.3 Å². The molecule has 0 aliphatic carbocycles. The van der Waals surface area contributed by atoms with E-state index in [4.69, 9.17) is 44.0 Å². The Morgan fingerprint density at radius 2 is 1.93 bits per heavy atom. The molecule has 28 heavy (non-hydrogen) atoms. The van der Waals surface area contributed by atoms with Gasteiger partial charge in [0.15, 0.2) is 0 Å². The van der Waals surface area contributed by atoms with E-state index in [2.05, 4.69) is 10.4 Å². The average molecular weight is 443 g/mol. The quantitative estimate of drug-likeness (QED) is 0.629.